The number of rotatable bonds is 4. The molecule has 1 aliphatic heterocycles. The molecular weight excluding hydrogens is 248 g/mol. The lowest BCUT2D eigenvalue weighted by Gasteiger charge is -2.35. The monoisotopic (exact) mass is 276 g/mol. The van der Waals surface area contributed by atoms with E-state index in [1.165, 1.54) is 0 Å². The molecular formula is C16H28N4. The third-order valence-electron chi connectivity index (χ3n) is 3.74. The first-order valence-corrected chi connectivity index (χ1v) is 7.66. The molecule has 2 heterocycles. The standard InChI is InChI=1S/C16H28N4/c1-5-19-9-11-20(12-10-19)15-8-6-7-14(18-15)13-17-16(2,3)4/h6-8,17H,5,9-13H2,1-4H3. The summed E-state index contributed by atoms with van der Waals surface area (Å²) in [7, 11) is 0. The summed E-state index contributed by atoms with van der Waals surface area (Å²) < 4.78 is 0. The van der Waals surface area contributed by atoms with Crippen LogP contribution in [-0.2, 0) is 6.54 Å². The van der Waals surface area contributed by atoms with Crippen LogP contribution < -0.4 is 10.2 Å². The summed E-state index contributed by atoms with van der Waals surface area (Å²) in [4.78, 5) is 9.68. The number of anilines is 1. The van der Waals surface area contributed by atoms with E-state index in [-0.39, 0.29) is 5.54 Å². The van der Waals surface area contributed by atoms with Gasteiger partial charge >= 0.3 is 0 Å². The van der Waals surface area contributed by atoms with Crippen molar-refractivity contribution in [3.8, 4) is 0 Å². The molecule has 0 radical (unpaired) electrons. The van der Waals surface area contributed by atoms with Crippen LogP contribution in [0.3, 0.4) is 0 Å². The SMILES string of the molecule is CCN1CCN(c2cccc(CNC(C)(C)C)n2)CC1. The normalized spacial score (nSPS) is 17.5. The molecule has 0 unspecified atom stereocenters. The van der Waals surface area contributed by atoms with Gasteiger partial charge in [0.25, 0.3) is 0 Å². The number of hydrogen-bond acceptors (Lipinski definition) is 4. The Hall–Kier alpha value is -1.13. The Bertz CT molecular complexity index is 417. The van der Waals surface area contributed by atoms with Crippen LogP contribution in [-0.4, -0.2) is 48.1 Å². The second-order valence-corrected chi connectivity index (χ2v) is 6.51. The first-order chi connectivity index (χ1) is 9.48. The molecule has 1 saturated heterocycles. The second-order valence-electron chi connectivity index (χ2n) is 6.51. The molecule has 20 heavy (non-hydrogen) atoms. The molecule has 0 atom stereocenters. The molecule has 0 spiro atoms. The van der Waals surface area contributed by atoms with Gasteiger partial charge in [-0.1, -0.05) is 13.0 Å². The minimum atomic E-state index is 0.129. The highest BCUT2D eigenvalue weighted by Gasteiger charge is 2.17. The molecule has 0 bridgehead atoms. The highest BCUT2D eigenvalue weighted by atomic mass is 15.3. The van der Waals surface area contributed by atoms with Crippen LogP contribution in [0.2, 0.25) is 0 Å². The lowest BCUT2D eigenvalue weighted by molar-refractivity contribution is 0.270. The third kappa shape index (κ3) is 4.46. The Morgan fingerprint density at radius 3 is 2.45 bits per heavy atom. The first kappa shape index (κ1) is 15.3. The van der Waals surface area contributed by atoms with E-state index in [1.807, 2.05) is 0 Å². The Labute approximate surface area is 123 Å². The number of pyridine rings is 1. The number of nitrogens with one attached hydrogen (secondary N) is 1. The van der Waals surface area contributed by atoms with Crippen LogP contribution in [0.15, 0.2) is 18.2 Å². The molecule has 4 nitrogen and oxygen atoms in total. The van der Waals surface area contributed by atoms with Gasteiger partial charge in [0.1, 0.15) is 5.82 Å². The van der Waals surface area contributed by atoms with Gasteiger partial charge in [-0.2, -0.15) is 0 Å². The molecule has 0 amide bonds. The van der Waals surface area contributed by atoms with Crippen molar-refractivity contribution >= 4 is 5.82 Å². The number of hydrogen-bond donors (Lipinski definition) is 1. The second kappa shape index (κ2) is 6.55. The largest absolute Gasteiger partial charge is 0.354 e. The van der Waals surface area contributed by atoms with Gasteiger partial charge < -0.3 is 15.1 Å². The maximum atomic E-state index is 4.80. The molecule has 1 fully saturated rings. The van der Waals surface area contributed by atoms with Gasteiger partial charge in [0.05, 0.1) is 5.69 Å². The van der Waals surface area contributed by atoms with Crippen LogP contribution in [0, 0.1) is 0 Å². The van der Waals surface area contributed by atoms with E-state index < -0.39 is 0 Å². The fourth-order valence-electron chi connectivity index (χ4n) is 2.39. The first-order valence-electron chi connectivity index (χ1n) is 7.66. The molecule has 1 aromatic rings. The van der Waals surface area contributed by atoms with Crippen molar-refractivity contribution in [3.63, 3.8) is 0 Å². The average Bonchev–Trinajstić information content (AvgIpc) is 2.45. The van der Waals surface area contributed by atoms with E-state index in [9.17, 15) is 0 Å². The number of nitrogens with zero attached hydrogens (tertiary/aromatic N) is 3. The van der Waals surface area contributed by atoms with Crippen LogP contribution in [0.25, 0.3) is 0 Å². The lowest BCUT2D eigenvalue weighted by atomic mass is 10.1. The Balaban J connectivity index is 1.96. The van der Waals surface area contributed by atoms with Gasteiger partial charge in [-0.25, -0.2) is 4.98 Å². The molecule has 112 valence electrons. The van der Waals surface area contributed by atoms with E-state index in [4.69, 9.17) is 4.98 Å². The summed E-state index contributed by atoms with van der Waals surface area (Å²) in [5.41, 5.74) is 1.25. The molecule has 1 aliphatic rings. The summed E-state index contributed by atoms with van der Waals surface area (Å²) in [6.07, 6.45) is 0. The summed E-state index contributed by atoms with van der Waals surface area (Å²) in [5, 5.41) is 3.50. The third-order valence-corrected chi connectivity index (χ3v) is 3.74. The van der Waals surface area contributed by atoms with Gasteiger partial charge in [0.2, 0.25) is 0 Å². The van der Waals surface area contributed by atoms with E-state index >= 15 is 0 Å². The predicted octanol–water partition coefficient (Wildman–Crippen LogP) is 2.11. The Morgan fingerprint density at radius 1 is 1.15 bits per heavy atom. The van der Waals surface area contributed by atoms with Crippen LogP contribution in [0.1, 0.15) is 33.4 Å². The number of aromatic nitrogens is 1. The van der Waals surface area contributed by atoms with Crippen molar-refractivity contribution in [1.29, 1.82) is 0 Å². The fraction of sp³-hybridized carbons (Fsp3) is 0.688. The molecule has 1 N–H and O–H groups in total. The van der Waals surface area contributed by atoms with Crippen LogP contribution in [0.4, 0.5) is 5.82 Å². The van der Waals surface area contributed by atoms with Crippen molar-refractivity contribution in [2.24, 2.45) is 0 Å². The van der Waals surface area contributed by atoms with Crippen molar-refractivity contribution < 1.29 is 0 Å². The maximum absolute atomic E-state index is 4.80. The number of piperazine rings is 1. The highest BCUT2D eigenvalue weighted by Crippen LogP contribution is 2.14. The minimum absolute atomic E-state index is 0.129. The summed E-state index contributed by atoms with van der Waals surface area (Å²) >= 11 is 0. The fourth-order valence-corrected chi connectivity index (χ4v) is 2.39. The zero-order chi connectivity index (χ0) is 14.6. The van der Waals surface area contributed by atoms with Crippen LogP contribution in [0.5, 0.6) is 0 Å². The smallest absolute Gasteiger partial charge is 0.128 e. The molecule has 1 aromatic heterocycles. The quantitative estimate of drug-likeness (QED) is 0.913. The van der Waals surface area contributed by atoms with Crippen LogP contribution >= 0.6 is 0 Å². The van der Waals surface area contributed by atoms with Gasteiger partial charge in [0.15, 0.2) is 0 Å². The summed E-state index contributed by atoms with van der Waals surface area (Å²) in [5.74, 6) is 1.12. The minimum Gasteiger partial charge on any atom is -0.354 e. The summed E-state index contributed by atoms with van der Waals surface area (Å²) in [6, 6.07) is 6.35. The lowest BCUT2D eigenvalue weighted by Crippen LogP contribution is -2.46. The van der Waals surface area contributed by atoms with E-state index in [2.05, 4.69) is 61.0 Å². The van der Waals surface area contributed by atoms with Crippen molar-refractivity contribution in [3.05, 3.63) is 23.9 Å². The maximum Gasteiger partial charge on any atom is 0.128 e. The highest BCUT2D eigenvalue weighted by molar-refractivity contribution is 5.39. The zero-order valence-electron chi connectivity index (χ0n) is 13.3. The topological polar surface area (TPSA) is 31.4 Å². The Kier molecular flexibility index (Phi) is 5.00. The van der Waals surface area contributed by atoms with Crippen molar-refractivity contribution in [1.82, 2.24) is 15.2 Å². The molecule has 4 heteroatoms. The van der Waals surface area contributed by atoms with E-state index in [1.54, 1.807) is 0 Å². The predicted molar refractivity (Wildman–Crippen MR) is 85.2 cm³/mol. The van der Waals surface area contributed by atoms with Crippen molar-refractivity contribution in [2.45, 2.75) is 39.8 Å². The number of likely N-dealkylation sites (N-methyl/N-ethyl adjacent to an activating group) is 1. The van der Waals surface area contributed by atoms with Gasteiger partial charge in [0, 0.05) is 38.3 Å². The van der Waals surface area contributed by atoms with Crippen molar-refractivity contribution in [2.75, 3.05) is 37.6 Å². The average molecular weight is 276 g/mol. The van der Waals surface area contributed by atoms with E-state index in [0.717, 1.165) is 50.8 Å². The van der Waals surface area contributed by atoms with Gasteiger partial charge in [-0.3, -0.25) is 0 Å². The van der Waals surface area contributed by atoms with E-state index in [0.29, 0.717) is 0 Å². The zero-order valence-corrected chi connectivity index (χ0v) is 13.3. The summed E-state index contributed by atoms with van der Waals surface area (Å²) in [6.45, 7) is 15.2. The Morgan fingerprint density at radius 2 is 1.85 bits per heavy atom. The molecule has 0 aromatic carbocycles. The van der Waals surface area contributed by atoms with Gasteiger partial charge in [-0.15, -0.1) is 0 Å². The molecule has 0 aliphatic carbocycles. The molecule has 0 saturated carbocycles. The van der Waals surface area contributed by atoms with Gasteiger partial charge in [-0.05, 0) is 39.4 Å². The molecule has 2 rings (SSSR count).